The van der Waals surface area contributed by atoms with E-state index in [-0.39, 0.29) is 11.6 Å². The lowest BCUT2D eigenvalue weighted by Crippen LogP contribution is -2.22. The van der Waals surface area contributed by atoms with Gasteiger partial charge in [0.2, 0.25) is 5.78 Å². The summed E-state index contributed by atoms with van der Waals surface area (Å²) in [5.74, 6) is 0.601. The maximum atomic E-state index is 13.4. The van der Waals surface area contributed by atoms with E-state index in [1.807, 2.05) is 53.9 Å². The zero-order valence-electron chi connectivity index (χ0n) is 16.2. The van der Waals surface area contributed by atoms with Crippen molar-refractivity contribution in [3.63, 3.8) is 0 Å². The average molecular weight is 381 g/mol. The molecule has 0 spiro atoms. The van der Waals surface area contributed by atoms with Gasteiger partial charge >= 0.3 is 0 Å². The van der Waals surface area contributed by atoms with Crippen LogP contribution in [-0.4, -0.2) is 23.1 Å². The Kier molecular flexibility index (Phi) is 3.88. The van der Waals surface area contributed by atoms with Gasteiger partial charge < -0.3 is 9.14 Å². The van der Waals surface area contributed by atoms with E-state index in [1.165, 1.54) is 0 Å². The van der Waals surface area contributed by atoms with Crippen molar-refractivity contribution in [2.45, 2.75) is 13.3 Å². The maximum Gasteiger partial charge on any atom is 0.211 e. The molecule has 0 atom stereocenters. The number of hydrogen-bond donors (Lipinski definition) is 0. The van der Waals surface area contributed by atoms with Crippen molar-refractivity contribution >= 4 is 17.1 Å². The van der Waals surface area contributed by atoms with Crippen LogP contribution in [0.2, 0.25) is 0 Å². The highest BCUT2D eigenvalue weighted by Gasteiger charge is 2.35. The van der Waals surface area contributed by atoms with Crippen LogP contribution < -0.4 is 4.74 Å². The van der Waals surface area contributed by atoms with Crippen molar-refractivity contribution in [1.82, 2.24) is 4.40 Å². The molecule has 5 rings (SSSR count). The van der Waals surface area contributed by atoms with Crippen LogP contribution in [0.25, 0.3) is 5.52 Å². The summed E-state index contributed by atoms with van der Waals surface area (Å²) in [5, 5.41) is 0. The van der Waals surface area contributed by atoms with Crippen LogP contribution in [0.3, 0.4) is 0 Å². The number of carbonyl (C=O) groups excluding carboxylic acids is 2. The number of aryl methyl sites for hydroxylation is 1. The van der Waals surface area contributed by atoms with Gasteiger partial charge in [-0.1, -0.05) is 36.4 Å². The molecule has 2 heterocycles. The molecule has 4 heteroatoms. The molecule has 4 nitrogen and oxygen atoms in total. The van der Waals surface area contributed by atoms with Crippen LogP contribution in [0.15, 0.2) is 66.9 Å². The van der Waals surface area contributed by atoms with Crippen molar-refractivity contribution in [2.75, 3.05) is 7.11 Å². The van der Waals surface area contributed by atoms with E-state index in [0.29, 0.717) is 28.8 Å². The lowest BCUT2D eigenvalue weighted by atomic mass is 9.85. The fourth-order valence-corrected chi connectivity index (χ4v) is 4.16. The van der Waals surface area contributed by atoms with Gasteiger partial charge in [0.15, 0.2) is 5.78 Å². The number of carbonyl (C=O) groups is 2. The normalized spacial score (nSPS) is 12.8. The molecule has 1 aliphatic carbocycles. The largest absolute Gasteiger partial charge is 0.497 e. The quantitative estimate of drug-likeness (QED) is 0.458. The molecule has 0 radical (unpaired) electrons. The Morgan fingerprint density at radius 1 is 0.897 bits per heavy atom. The van der Waals surface area contributed by atoms with Crippen molar-refractivity contribution < 1.29 is 14.3 Å². The summed E-state index contributed by atoms with van der Waals surface area (Å²) in [5.41, 5.74) is 5.88. The Balaban J connectivity index is 1.76. The first-order chi connectivity index (χ1) is 14.1. The van der Waals surface area contributed by atoms with E-state index >= 15 is 0 Å². The topological polar surface area (TPSA) is 47.8 Å². The number of fused-ring (bicyclic) bond motifs is 4. The smallest absolute Gasteiger partial charge is 0.211 e. The van der Waals surface area contributed by atoms with Gasteiger partial charge in [-0.2, -0.15) is 0 Å². The molecule has 0 fully saturated rings. The minimum Gasteiger partial charge on any atom is -0.497 e. The van der Waals surface area contributed by atoms with Crippen LogP contribution in [-0.2, 0) is 6.42 Å². The van der Waals surface area contributed by atoms with Gasteiger partial charge in [0, 0.05) is 23.7 Å². The summed E-state index contributed by atoms with van der Waals surface area (Å²) < 4.78 is 7.12. The molecule has 0 aliphatic heterocycles. The summed E-state index contributed by atoms with van der Waals surface area (Å²) in [6.07, 6.45) is 2.45. The van der Waals surface area contributed by atoms with Crippen molar-refractivity contribution in [2.24, 2.45) is 0 Å². The van der Waals surface area contributed by atoms with Crippen LogP contribution in [0.4, 0.5) is 0 Å². The van der Waals surface area contributed by atoms with Gasteiger partial charge in [0.25, 0.3) is 0 Å². The van der Waals surface area contributed by atoms with Crippen LogP contribution >= 0.6 is 0 Å². The Bertz CT molecular complexity index is 1300. The fourth-order valence-electron chi connectivity index (χ4n) is 4.16. The van der Waals surface area contributed by atoms with Crippen LogP contribution in [0.1, 0.15) is 48.7 Å². The third kappa shape index (κ3) is 2.60. The predicted molar refractivity (Wildman–Crippen MR) is 111 cm³/mol. The first-order valence-corrected chi connectivity index (χ1v) is 9.53. The third-order valence-corrected chi connectivity index (χ3v) is 5.60. The molecule has 142 valence electrons. The molecular formula is C25H19NO3. The molecule has 0 saturated heterocycles. The number of nitrogens with zero attached hydrogens (tertiary/aromatic N) is 1. The van der Waals surface area contributed by atoms with E-state index < -0.39 is 0 Å². The number of ketones is 2. The van der Waals surface area contributed by atoms with Gasteiger partial charge in [0.05, 0.1) is 18.2 Å². The van der Waals surface area contributed by atoms with Gasteiger partial charge in [-0.25, -0.2) is 0 Å². The van der Waals surface area contributed by atoms with E-state index in [1.54, 1.807) is 31.4 Å². The Hall–Kier alpha value is -3.66. The van der Waals surface area contributed by atoms with Crippen molar-refractivity contribution in [3.8, 4) is 5.75 Å². The second kappa shape index (κ2) is 6.45. The SMILES string of the molecule is COc1ccc(Cc2c3c(n4ccc(C)cc24)C(=O)c2ccccc2C3=O)cc1. The van der Waals surface area contributed by atoms with Crippen LogP contribution in [0, 0.1) is 6.92 Å². The van der Waals surface area contributed by atoms with Gasteiger partial charge in [-0.05, 0) is 47.9 Å². The second-order valence-electron chi connectivity index (χ2n) is 7.39. The van der Waals surface area contributed by atoms with Crippen molar-refractivity contribution in [1.29, 1.82) is 0 Å². The summed E-state index contributed by atoms with van der Waals surface area (Å²) in [4.78, 5) is 26.7. The highest BCUT2D eigenvalue weighted by Crippen LogP contribution is 2.35. The summed E-state index contributed by atoms with van der Waals surface area (Å²) in [6, 6.07) is 18.9. The number of ether oxygens (including phenoxy) is 1. The molecule has 1 aliphatic rings. The highest BCUT2D eigenvalue weighted by molar-refractivity contribution is 6.29. The number of benzene rings is 2. The fraction of sp³-hybridized carbons (Fsp3) is 0.120. The van der Waals surface area contributed by atoms with E-state index in [9.17, 15) is 9.59 Å². The molecule has 4 aromatic rings. The number of aromatic nitrogens is 1. The molecule has 0 saturated carbocycles. The summed E-state index contributed by atoms with van der Waals surface area (Å²) >= 11 is 0. The zero-order valence-corrected chi connectivity index (χ0v) is 16.2. The second-order valence-corrected chi connectivity index (χ2v) is 7.39. The average Bonchev–Trinajstić information content (AvgIpc) is 3.06. The first kappa shape index (κ1) is 17.4. The third-order valence-electron chi connectivity index (χ3n) is 5.60. The molecule has 0 N–H and O–H groups in total. The Morgan fingerprint density at radius 2 is 1.59 bits per heavy atom. The summed E-state index contributed by atoms with van der Waals surface area (Å²) in [7, 11) is 1.64. The first-order valence-electron chi connectivity index (χ1n) is 9.53. The molecule has 0 bridgehead atoms. The number of hydrogen-bond acceptors (Lipinski definition) is 3. The van der Waals surface area contributed by atoms with Gasteiger partial charge in [-0.3, -0.25) is 9.59 Å². The summed E-state index contributed by atoms with van der Waals surface area (Å²) in [6.45, 7) is 2.02. The Labute approximate surface area is 168 Å². The minimum atomic E-state index is -0.102. The van der Waals surface area contributed by atoms with E-state index in [4.69, 9.17) is 4.74 Å². The molecule has 0 unspecified atom stereocenters. The van der Waals surface area contributed by atoms with Crippen molar-refractivity contribution in [3.05, 3.63) is 106 Å². The minimum absolute atomic E-state index is 0.0833. The molecule has 0 amide bonds. The number of methoxy groups -OCH3 is 1. The number of pyridine rings is 1. The molecule has 29 heavy (non-hydrogen) atoms. The van der Waals surface area contributed by atoms with Gasteiger partial charge in [0.1, 0.15) is 11.4 Å². The zero-order chi connectivity index (χ0) is 20.1. The maximum absolute atomic E-state index is 13.4. The lowest BCUT2D eigenvalue weighted by Gasteiger charge is -2.16. The number of rotatable bonds is 3. The monoisotopic (exact) mass is 381 g/mol. The Morgan fingerprint density at radius 3 is 2.28 bits per heavy atom. The highest BCUT2D eigenvalue weighted by atomic mass is 16.5. The standard InChI is InChI=1S/C25H19NO3/c1-15-11-12-26-21(13-15)20(14-16-7-9-17(29-2)10-8-16)22-23(26)25(28)19-6-4-3-5-18(19)24(22)27/h3-13H,14H2,1-2H3. The predicted octanol–water partition coefficient (Wildman–Crippen LogP) is 4.62. The van der Waals surface area contributed by atoms with E-state index in [2.05, 4.69) is 0 Å². The molecule has 2 aromatic carbocycles. The van der Waals surface area contributed by atoms with Gasteiger partial charge in [-0.15, -0.1) is 0 Å². The van der Waals surface area contributed by atoms with Crippen LogP contribution in [0.5, 0.6) is 5.75 Å². The lowest BCUT2D eigenvalue weighted by molar-refractivity contribution is 0.0975. The van der Waals surface area contributed by atoms with E-state index in [0.717, 1.165) is 28.0 Å². The molecule has 2 aromatic heterocycles. The molecular weight excluding hydrogens is 362 g/mol.